The molecule has 0 saturated heterocycles. The van der Waals surface area contributed by atoms with Crippen LogP contribution in [-0.2, 0) is 16.2 Å². The summed E-state index contributed by atoms with van der Waals surface area (Å²) in [4.78, 5) is 16.0. The fourth-order valence-electron chi connectivity index (χ4n) is 1.56. The fourth-order valence-corrected chi connectivity index (χ4v) is 1.56. The van der Waals surface area contributed by atoms with Gasteiger partial charge in [-0.25, -0.2) is 4.79 Å². The molecule has 5 heteroatoms. The Morgan fingerprint density at radius 2 is 1.67 bits per heavy atom. The van der Waals surface area contributed by atoms with Gasteiger partial charge in [-0.3, -0.25) is 4.84 Å². The van der Waals surface area contributed by atoms with Gasteiger partial charge < -0.3 is 4.74 Å². The largest absolute Gasteiger partial charge is 0.535 e. The third kappa shape index (κ3) is 4.48. The van der Waals surface area contributed by atoms with Crippen molar-refractivity contribution in [3.05, 3.63) is 71.8 Å². The first kappa shape index (κ1) is 14.3. The zero-order valence-electron chi connectivity index (χ0n) is 11.1. The number of rotatable bonds is 4. The molecule has 0 aliphatic carbocycles. The monoisotopic (exact) mass is 280 g/mol. The Bertz CT molecular complexity index is 661. The van der Waals surface area contributed by atoms with Gasteiger partial charge in [0, 0.05) is 5.56 Å². The smallest absolute Gasteiger partial charge is 0.428 e. The molecule has 0 radical (unpaired) electrons. The van der Waals surface area contributed by atoms with E-state index in [1.165, 1.54) is 0 Å². The molecule has 0 aromatic heterocycles. The number of oxime groups is 1. The molecule has 0 unspecified atom stereocenters. The van der Waals surface area contributed by atoms with E-state index in [-0.39, 0.29) is 12.3 Å². The third-order valence-electron chi connectivity index (χ3n) is 2.56. The Morgan fingerprint density at radius 3 is 2.29 bits per heavy atom. The Balaban J connectivity index is 1.90. The summed E-state index contributed by atoms with van der Waals surface area (Å²) in [5.41, 5.74) is 1.41. The summed E-state index contributed by atoms with van der Waals surface area (Å²) >= 11 is 0. The molecule has 0 amide bonds. The van der Waals surface area contributed by atoms with Crippen LogP contribution >= 0.6 is 0 Å². The fraction of sp³-hybridized carbons (Fsp3) is 0.0625. The van der Waals surface area contributed by atoms with Crippen molar-refractivity contribution in [3.63, 3.8) is 0 Å². The summed E-state index contributed by atoms with van der Waals surface area (Å²) in [5, 5.41) is 12.5. The minimum absolute atomic E-state index is 0.00672. The standard InChI is InChI=1S/C16H12N2O3/c17-11-15(14-9-5-2-6-10-14)18-21-16(19)20-12-13-7-3-1-4-8-13/h1-10H,12H2/b18-15+. The molecule has 2 aromatic rings. The van der Waals surface area contributed by atoms with Gasteiger partial charge in [-0.1, -0.05) is 65.8 Å². The molecular formula is C16H12N2O3. The summed E-state index contributed by atoms with van der Waals surface area (Å²) < 4.78 is 4.88. The predicted molar refractivity (Wildman–Crippen MR) is 76.3 cm³/mol. The first-order valence-corrected chi connectivity index (χ1v) is 6.21. The van der Waals surface area contributed by atoms with Gasteiger partial charge in [0.25, 0.3) is 0 Å². The summed E-state index contributed by atoms with van der Waals surface area (Å²) in [6.45, 7) is 0.0857. The van der Waals surface area contributed by atoms with Gasteiger partial charge in [0.05, 0.1) is 0 Å². The molecule has 0 aliphatic rings. The molecular weight excluding hydrogens is 268 g/mol. The van der Waals surface area contributed by atoms with E-state index < -0.39 is 6.16 Å². The second-order valence-corrected chi connectivity index (χ2v) is 4.03. The molecule has 0 spiro atoms. The second kappa shape index (κ2) is 7.46. The van der Waals surface area contributed by atoms with Crippen LogP contribution in [0.4, 0.5) is 4.79 Å². The number of hydrogen-bond acceptors (Lipinski definition) is 5. The molecule has 0 heterocycles. The molecule has 0 bridgehead atoms. The van der Waals surface area contributed by atoms with E-state index in [2.05, 4.69) is 9.99 Å². The third-order valence-corrected chi connectivity index (χ3v) is 2.56. The van der Waals surface area contributed by atoms with Gasteiger partial charge in [0.2, 0.25) is 0 Å². The van der Waals surface area contributed by atoms with Crippen LogP contribution in [0.5, 0.6) is 0 Å². The molecule has 0 atom stereocenters. The average molecular weight is 280 g/mol. The first-order chi connectivity index (χ1) is 10.3. The second-order valence-electron chi connectivity index (χ2n) is 4.03. The van der Waals surface area contributed by atoms with Crippen LogP contribution in [0.15, 0.2) is 65.8 Å². The zero-order valence-corrected chi connectivity index (χ0v) is 11.1. The first-order valence-electron chi connectivity index (χ1n) is 6.21. The van der Waals surface area contributed by atoms with Crippen molar-refractivity contribution < 1.29 is 14.4 Å². The van der Waals surface area contributed by atoms with Crippen LogP contribution in [0.2, 0.25) is 0 Å². The highest BCUT2D eigenvalue weighted by Gasteiger charge is 2.07. The number of nitrogens with zero attached hydrogens (tertiary/aromatic N) is 2. The van der Waals surface area contributed by atoms with Gasteiger partial charge in [0.15, 0.2) is 5.71 Å². The SMILES string of the molecule is N#C/C(=N\OC(=O)OCc1ccccc1)c1ccccc1. The molecule has 21 heavy (non-hydrogen) atoms. The van der Waals surface area contributed by atoms with Crippen molar-refractivity contribution in [2.75, 3.05) is 0 Å². The molecule has 5 nitrogen and oxygen atoms in total. The number of benzene rings is 2. The number of carbonyl (C=O) groups excluding carboxylic acids is 1. The van der Waals surface area contributed by atoms with Crippen molar-refractivity contribution in [2.24, 2.45) is 5.16 Å². The molecule has 0 N–H and O–H groups in total. The average Bonchev–Trinajstić information content (AvgIpc) is 2.55. The number of carbonyl (C=O) groups is 1. The van der Waals surface area contributed by atoms with E-state index in [1.807, 2.05) is 42.5 Å². The quantitative estimate of drug-likeness (QED) is 0.373. The van der Waals surface area contributed by atoms with E-state index in [9.17, 15) is 4.79 Å². The number of hydrogen-bond donors (Lipinski definition) is 0. The van der Waals surface area contributed by atoms with Crippen LogP contribution in [-0.4, -0.2) is 11.9 Å². The van der Waals surface area contributed by atoms with Crippen LogP contribution < -0.4 is 0 Å². The lowest BCUT2D eigenvalue weighted by atomic mass is 10.1. The normalized spacial score (nSPS) is 10.5. The van der Waals surface area contributed by atoms with E-state index in [1.54, 1.807) is 24.3 Å². The van der Waals surface area contributed by atoms with E-state index in [0.717, 1.165) is 5.56 Å². The predicted octanol–water partition coefficient (Wildman–Crippen LogP) is 3.27. The summed E-state index contributed by atoms with van der Waals surface area (Å²) in [6, 6.07) is 19.8. The zero-order chi connectivity index (χ0) is 14.9. The Morgan fingerprint density at radius 1 is 1.05 bits per heavy atom. The van der Waals surface area contributed by atoms with E-state index in [4.69, 9.17) is 10.00 Å². The van der Waals surface area contributed by atoms with Crippen molar-refractivity contribution in [1.82, 2.24) is 0 Å². The highest BCUT2D eigenvalue weighted by Crippen LogP contribution is 2.04. The molecule has 2 aromatic carbocycles. The lowest BCUT2D eigenvalue weighted by Gasteiger charge is -2.02. The van der Waals surface area contributed by atoms with Crippen molar-refractivity contribution in [2.45, 2.75) is 6.61 Å². The summed E-state index contributed by atoms with van der Waals surface area (Å²) in [7, 11) is 0. The summed E-state index contributed by atoms with van der Waals surface area (Å²) in [5.74, 6) is 0. The van der Waals surface area contributed by atoms with Gasteiger partial charge in [-0.05, 0) is 5.56 Å². The van der Waals surface area contributed by atoms with Crippen molar-refractivity contribution in [1.29, 1.82) is 5.26 Å². The van der Waals surface area contributed by atoms with Gasteiger partial charge in [-0.2, -0.15) is 5.26 Å². The lowest BCUT2D eigenvalue weighted by Crippen LogP contribution is -2.06. The highest BCUT2D eigenvalue weighted by atomic mass is 16.8. The molecule has 0 fully saturated rings. The van der Waals surface area contributed by atoms with Gasteiger partial charge >= 0.3 is 6.16 Å². The maximum Gasteiger partial charge on any atom is 0.535 e. The van der Waals surface area contributed by atoms with Gasteiger partial charge in [-0.15, -0.1) is 0 Å². The molecule has 2 rings (SSSR count). The minimum Gasteiger partial charge on any atom is -0.428 e. The van der Waals surface area contributed by atoms with Gasteiger partial charge in [0.1, 0.15) is 12.7 Å². The van der Waals surface area contributed by atoms with Crippen LogP contribution in [0.25, 0.3) is 0 Å². The topological polar surface area (TPSA) is 71.7 Å². The molecule has 0 saturated carbocycles. The van der Waals surface area contributed by atoms with Crippen LogP contribution in [0.1, 0.15) is 11.1 Å². The van der Waals surface area contributed by atoms with Crippen LogP contribution in [0, 0.1) is 11.3 Å². The number of ether oxygens (including phenoxy) is 1. The van der Waals surface area contributed by atoms with E-state index >= 15 is 0 Å². The maximum absolute atomic E-state index is 11.4. The lowest BCUT2D eigenvalue weighted by molar-refractivity contribution is 0.0521. The molecule has 104 valence electrons. The summed E-state index contributed by atoms with van der Waals surface area (Å²) in [6.07, 6.45) is -0.956. The van der Waals surface area contributed by atoms with Crippen molar-refractivity contribution in [3.8, 4) is 6.07 Å². The Labute approximate surface area is 122 Å². The number of nitriles is 1. The molecule has 0 aliphatic heterocycles. The van der Waals surface area contributed by atoms with E-state index in [0.29, 0.717) is 5.56 Å². The maximum atomic E-state index is 11.4. The Kier molecular flexibility index (Phi) is 5.07. The highest BCUT2D eigenvalue weighted by molar-refractivity contribution is 6.11. The Hall–Kier alpha value is -3.13. The minimum atomic E-state index is -0.956. The van der Waals surface area contributed by atoms with Crippen molar-refractivity contribution >= 4 is 11.9 Å². The van der Waals surface area contributed by atoms with Crippen LogP contribution in [0.3, 0.4) is 0 Å².